The minimum atomic E-state index is 0.428. The van der Waals surface area contributed by atoms with Crippen LogP contribution in [0.2, 0.25) is 0 Å². The van der Waals surface area contributed by atoms with Crippen molar-refractivity contribution in [2.45, 2.75) is 39.5 Å². The normalized spacial score (nSPS) is 10.9. The molecule has 0 aliphatic heterocycles. The molecule has 0 fully saturated rings. The summed E-state index contributed by atoms with van der Waals surface area (Å²) >= 11 is 0. The van der Waals surface area contributed by atoms with Crippen molar-refractivity contribution in [3.05, 3.63) is 179 Å². The predicted octanol–water partition coefficient (Wildman–Crippen LogP) is 7.26. The molecule has 0 spiro atoms. The Morgan fingerprint density at radius 2 is 0.679 bits per heavy atom. The van der Waals surface area contributed by atoms with Gasteiger partial charge in [0.05, 0.1) is 11.4 Å². The molecule has 272 valence electrons. The minimum absolute atomic E-state index is 0.428. The van der Waals surface area contributed by atoms with Crippen molar-refractivity contribution in [2.24, 2.45) is 0 Å². The lowest BCUT2D eigenvalue weighted by atomic mass is 10.2. The molecule has 0 saturated heterocycles. The van der Waals surface area contributed by atoms with Crippen LogP contribution >= 0.6 is 0 Å². The minimum Gasteiger partial charge on any atom is -0.485 e. The number of rotatable bonds is 22. The number of aromatic nitrogens is 2. The molecular weight excluding hydrogens is 663 g/mol. The number of ether oxygens (including phenoxy) is 4. The monoisotopic (exact) mass is 709 g/mol. The van der Waals surface area contributed by atoms with Crippen molar-refractivity contribution < 1.29 is 18.9 Å². The first-order valence-electron chi connectivity index (χ1n) is 18.1. The van der Waals surface area contributed by atoms with E-state index in [4.69, 9.17) is 18.9 Å². The van der Waals surface area contributed by atoms with Crippen molar-refractivity contribution in [1.29, 1.82) is 0 Å². The van der Waals surface area contributed by atoms with Gasteiger partial charge in [0.2, 0.25) is 0 Å². The van der Waals surface area contributed by atoms with Gasteiger partial charge in [-0.3, -0.25) is 9.97 Å². The highest BCUT2D eigenvalue weighted by atomic mass is 16.5. The summed E-state index contributed by atoms with van der Waals surface area (Å²) in [5, 5.41) is 10.5. The second kappa shape index (κ2) is 20.9. The summed E-state index contributed by atoms with van der Waals surface area (Å²) in [7, 11) is 0. The molecule has 2 aromatic heterocycles. The molecule has 9 nitrogen and oxygen atoms in total. The Labute approximate surface area is 312 Å². The maximum Gasteiger partial charge on any atom is 0.184 e. The van der Waals surface area contributed by atoms with Crippen LogP contribution in [0.15, 0.2) is 146 Å². The van der Waals surface area contributed by atoms with E-state index < -0.39 is 0 Å². The third-order valence-electron chi connectivity index (χ3n) is 8.35. The number of hydrogen-bond donors (Lipinski definition) is 3. The van der Waals surface area contributed by atoms with E-state index in [1.807, 2.05) is 133 Å². The zero-order valence-corrected chi connectivity index (χ0v) is 30.0. The van der Waals surface area contributed by atoms with Crippen LogP contribution in [0.1, 0.15) is 33.6 Å². The molecule has 0 aliphatic rings. The van der Waals surface area contributed by atoms with Crippen LogP contribution in [0, 0.1) is 0 Å². The summed E-state index contributed by atoms with van der Waals surface area (Å²) in [5.74, 6) is 2.67. The number of nitrogens with one attached hydrogen (secondary N) is 3. The highest BCUT2D eigenvalue weighted by Crippen LogP contribution is 2.32. The Bertz CT molecular complexity index is 1770. The van der Waals surface area contributed by atoms with E-state index >= 15 is 0 Å². The van der Waals surface area contributed by atoms with Crippen LogP contribution in [0.5, 0.6) is 23.0 Å². The maximum absolute atomic E-state index is 6.32. The van der Waals surface area contributed by atoms with Gasteiger partial charge in [-0.25, -0.2) is 0 Å². The third-order valence-corrected chi connectivity index (χ3v) is 8.35. The lowest BCUT2D eigenvalue weighted by Crippen LogP contribution is -2.32. The Hall–Kier alpha value is -5.74. The van der Waals surface area contributed by atoms with Gasteiger partial charge in [-0.05, 0) is 22.3 Å². The SMILES string of the molecule is c1ccc(COc2ccnc(CNCCNCCNCc3nccc(OCc4ccccc4)c3OCc3ccccc3)c2OCc2ccccc2)cc1. The number of pyridine rings is 2. The fourth-order valence-electron chi connectivity index (χ4n) is 5.55. The number of nitrogens with zero attached hydrogens (tertiary/aromatic N) is 2. The van der Waals surface area contributed by atoms with E-state index in [-0.39, 0.29) is 0 Å². The van der Waals surface area contributed by atoms with Crippen molar-refractivity contribution in [1.82, 2.24) is 25.9 Å². The lowest BCUT2D eigenvalue weighted by Gasteiger charge is -2.17. The van der Waals surface area contributed by atoms with Gasteiger partial charge in [0.1, 0.15) is 26.4 Å². The summed E-state index contributed by atoms with van der Waals surface area (Å²) < 4.78 is 25.1. The van der Waals surface area contributed by atoms with Gasteiger partial charge in [-0.2, -0.15) is 0 Å². The van der Waals surface area contributed by atoms with Gasteiger partial charge < -0.3 is 34.9 Å². The second-order valence-electron chi connectivity index (χ2n) is 12.4. The summed E-state index contributed by atoms with van der Waals surface area (Å²) in [6, 6.07) is 44.2. The highest BCUT2D eigenvalue weighted by molar-refractivity contribution is 5.44. The van der Waals surface area contributed by atoms with E-state index in [2.05, 4.69) is 25.9 Å². The Kier molecular flexibility index (Phi) is 14.6. The predicted molar refractivity (Wildman–Crippen MR) is 208 cm³/mol. The Balaban J connectivity index is 0.963. The lowest BCUT2D eigenvalue weighted by molar-refractivity contribution is 0.251. The molecule has 0 unspecified atom stereocenters. The van der Waals surface area contributed by atoms with Crippen molar-refractivity contribution in [3.63, 3.8) is 0 Å². The van der Waals surface area contributed by atoms with Crippen LogP contribution in [0.4, 0.5) is 0 Å². The molecule has 0 saturated carbocycles. The topological polar surface area (TPSA) is 98.8 Å². The summed E-state index contributed by atoms with van der Waals surface area (Å²) in [4.78, 5) is 9.28. The molecule has 2 heterocycles. The molecule has 6 rings (SSSR count). The molecule has 0 atom stereocenters. The first-order valence-corrected chi connectivity index (χ1v) is 18.1. The summed E-state index contributed by atoms with van der Waals surface area (Å²) in [6.45, 7) is 5.94. The third kappa shape index (κ3) is 12.2. The molecule has 53 heavy (non-hydrogen) atoms. The maximum atomic E-state index is 6.32. The Morgan fingerprint density at radius 3 is 1.04 bits per heavy atom. The molecular formula is C44H47N5O4. The van der Waals surface area contributed by atoms with E-state index in [9.17, 15) is 0 Å². The molecule has 6 aromatic rings. The molecule has 0 bridgehead atoms. The van der Waals surface area contributed by atoms with Crippen LogP contribution in [0.25, 0.3) is 0 Å². The van der Waals surface area contributed by atoms with Gasteiger partial charge in [0.25, 0.3) is 0 Å². The number of benzene rings is 4. The first-order chi connectivity index (χ1) is 26.3. The molecule has 9 heteroatoms. The van der Waals surface area contributed by atoms with Gasteiger partial charge in [-0.1, -0.05) is 121 Å². The molecule has 4 aromatic carbocycles. The summed E-state index contributed by atoms with van der Waals surface area (Å²) in [6.07, 6.45) is 3.55. The van der Waals surface area contributed by atoms with Crippen LogP contribution in [-0.2, 0) is 39.5 Å². The Morgan fingerprint density at radius 1 is 0.358 bits per heavy atom. The van der Waals surface area contributed by atoms with E-state index in [1.54, 1.807) is 12.4 Å². The average Bonchev–Trinajstić information content (AvgIpc) is 3.22. The smallest absolute Gasteiger partial charge is 0.184 e. The standard InChI is InChI=1S/C44H47N5O4/c1-5-13-35(14-6-1)31-50-41-21-23-48-39(43(41)52-33-37-17-9-3-10-18-37)29-46-27-25-45-26-28-47-30-40-44(53-34-38-19-11-4-12-20-38)42(22-24-49-40)51-32-36-15-7-2-8-16-36/h1-24,45-47H,25-34H2. The van der Waals surface area contributed by atoms with Crippen LogP contribution < -0.4 is 34.9 Å². The summed E-state index contributed by atoms with van der Waals surface area (Å²) in [5.41, 5.74) is 5.96. The van der Waals surface area contributed by atoms with E-state index in [0.29, 0.717) is 62.5 Å². The first kappa shape index (κ1) is 37.0. The fourth-order valence-corrected chi connectivity index (χ4v) is 5.55. The average molecular weight is 710 g/mol. The van der Waals surface area contributed by atoms with Gasteiger partial charge in [-0.15, -0.1) is 0 Å². The van der Waals surface area contributed by atoms with Crippen molar-refractivity contribution in [2.75, 3.05) is 26.2 Å². The zero-order chi connectivity index (χ0) is 36.2. The fraction of sp³-hybridized carbons (Fsp3) is 0.227. The molecule has 0 aliphatic carbocycles. The van der Waals surface area contributed by atoms with Gasteiger partial charge >= 0.3 is 0 Å². The van der Waals surface area contributed by atoms with Crippen molar-refractivity contribution in [3.8, 4) is 23.0 Å². The van der Waals surface area contributed by atoms with Gasteiger partial charge in [0.15, 0.2) is 23.0 Å². The van der Waals surface area contributed by atoms with Crippen LogP contribution in [0.3, 0.4) is 0 Å². The van der Waals surface area contributed by atoms with E-state index in [1.165, 1.54) is 0 Å². The molecule has 0 radical (unpaired) electrons. The second-order valence-corrected chi connectivity index (χ2v) is 12.4. The highest BCUT2D eigenvalue weighted by Gasteiger charge is 2.15. The largest absolute Gasteiger partial charge is 0.485 e. The number of hydrogen-bond acceptors (Lipinski definition) is 9. The molecule has 0 amide bonds. The van der Waals surface area contributed by atoms with Crippen LogP contribution in [-0.4, -0.2) is 36.1 Å². The quantitative estimate of drug-likeness (QED) is 0.0630. The van der Waals surface area contributed by atoms with Crippen molar-refractivity contribution >= 4 is 0 Å². The van der Waals surface area contributed by atoms with E-state index in [0.717, 1.165) is 59.8 Å². The van der Waals surface area contributed by atoms with Gasteiger partial charge in [0, 0.05) is 63.8 Å². The zero-order valence-electron chi connectivity index (χ0n) is 30.0. The molecule has 3 N–H and O–H groups in total.